The quantitative estimate of drug-likeness (QED) is 0.898. The topological polar surface area (TPSA) is 53.2 Å². The summed E-state index contributed by atoms with van der Waals surface area (Å²) >= 11 is 0. The number of aromatic nitrogens is 1. The Bertz CT molecular complexity index is 627. The molecule has 1 aromatic carbocycles. The number of hydrogen-bond acceptors (Lipinski definition) is 2. The van der Waals surface area contributed by atoms with E-state index in [1.54, 1.807) is 17.0 Å². The average Bonchev–Trinajstić information content (AvgIpc) is 2.40. The van der Waals surface area contributed by atoms with Gasteiger partial charge in [-0.3, -0.25) is 9.59 Å². The Hall–Kier alpha value is -2.10. The Labute approximate surface area is 105 Å². The van der Waals surface area contributed by atoms with Crippen molar-refractivity contribution in [2.24, 2.45) is 0 Å². The van der Waals surface area contributed by atoms with Crippen LogP contribution in [0.4, 0.5) is 0 Å². The van der Waals surface area contributed by atoms with Crippen LogP contribution < -0.4 is 5.43 Å². The highest BCUT2D eigenvalue weighted by Gasteiger charge is 2.17. The smallest absolute Gasteiger partial charge is 0.259 e. The summed E-state index contributed by atoms with van der Waals surface area (Å²) in [6.45, 7) is 5.00. The molecule has 0 aliphatic heterocycles. The molecule has 2 aromatic rings. The number of carbonyl (C=O) groups excluding carboxylic acids is 1. The van der Waals surface area contributed by atoms with Gasteiger partial charge in [0.2, 0.25) is 5.43 Å². The monoisotopic (exact) mass is 244 g/mol. The van der Waals surface area contributed by atoms with Gasteiger partial charge in [-0.1, -0.05) is 12.1 Å². The van der Waals surface area contributed by atoms with Gasteiger partial charge in [-0.05, 0) is 26.0 Å². The second-order valence-corrected chi connectivity index (χ2v) is 4.05. The van der Waals surface area contributed by atoms with Crippen LogP contribution in [-0.4, -0.2) is 28.9 Å². The minimum Gasteiger partial charge on any atom is -0.360 e. The number of H-pyrrole nitrogens is 1. The Morgan fingerprint density at radius 2 is 1.89 bits per heavy atom. The summed E-state index contributed by atoms with van der Waals surface area (Å²) in [5, 5.41) is 0.551. The van der Waals surface area contributed by atoms with Crippen LogP contribution in [0.1, 0.15) is 24.2 Å². The van der Waals surface area contributed by atoms with Crippen LogP contribution in [0.15, 0.2) is 35.3 Å². The maximum absolute atomic E-state index is 12.2. The average molecular weight is 244 g/mol. The van der Waals surface area contributed by atoms with Gasteiger partial charge in [-0.25, -0.2) is 0 Å². The van der Waals surface area contributed by atoms with Crippen LogP contribution in [0, 0.1) is 0 Å². The third-order valence-electron chi connectivity index (χ3n) is 3.07. The Morgan fingerprint density at radius 1 is 1.22 bits per heavy atom. The third-order valence-corrected chi connectivity index (χ3v) is 3.07. The van der Waals surface area contributed by atoms with E-state index >= 15 is 0 Å². The number of carbonyl (C=O) groups is 1. The molecule has 4 nitrogen and oxygen atoms in total. The lowest BCUT2D eigenvalue weighted by Gasteiger charge is -2.18. The van der Waals surface area contributed by atoms with E-state index in [1.165, 1.54) is 6.20 Å². The highest BCUT2D eigenvalue weighted by molar-refractivity contribution is 5.97. The number of rotatable bonds is 3. The molecule has 1 amide bonds. The van der Waals surface area contributed by atoms with Gasteiger partial charge >= 0.3 is 0 Å². The third kappa shape index (κ3) is 2.01. The zero-order chi connectivity index (χ0) is 13.1. The molecule has 0 aliphatic carbocycles. The maximum Gasteiger partial charge on any atom is 0.259 e. The summed E-state index contributed by atoms with van der Waals surface area (Å²) in [6, 6.07) is 7.20. The van der Waals surface area contributed by atoms with Crippen molar-refractivity contribution in [3.63, 3.8) is 0 Å². The minimum absolute atomic E-state index is 0.206. The van der Waals surface area contributed by atoms with Crippen LogP contribution in [0.5, 0.6) is 0 Å². The van der Waals surface area contributed by atoms with Crippen molar-refractivity contribution < 1.29 is 4.79 Å². The zero-order valence-electron chi connectivity index (χ0n) is 10.6. The fraction of sp³-hybridized carbons (Fsp3) is 0.286. The summed E-state index contributed by atoms with van der Waals surface area (Å²) in [4.78, 5) is 29.1. The number of benzene rings is 1. The second-order valence-electron chi connectivity index (χ2n) is 4.05. The number of hydrogen-bond donors (Lipinski definition) is 1. The van der Waals surface area contributed by atoms with Gasteiger partial charge in [0.15, 0.2) is 0 Å². The zero-order valence-corrected chi connectivity index (χ0v) is 10.6. The molecule has 0 bridgehead atoms. The van der Waals surface area contributed by atoms with Gasteiger partial charge in [0, 0.05) is 30.2 Å². The number of para-hydroxylation sites is 1. The highest BCUT2D eigenvalue weighted by atomic mass is 16.2. The Morgan fingerprint density at radius 3 is 2.56 bits per heavy atom. The molecule has 0 saturated carbocycles. The van der Waals surface area contributed by atoms with Crippen LogP contribution in [0.2, 0.25) is 0 Å². The molecule has 0 aliphatic rings. The first kappa shape index (κ1) is 12.4. The first-order valence-electron chi connectivity index (χ1n) is 6.08. The molecule has 4 heteroatoms. The van der Waals surface area contributed by atoms with Gasteiger partial charge in [0.05, 0.1) is 0 Å². The Kier molecular flexibility index (Phi) is 3.46. The predicted octanol–water partition coefficient (Wildman–Crippen LogP) is 2.01. The van der Waals surface area contributed by atoms with E-state index in [2.05, 4.69) is 4.98 Å². The number of nitrogens with zero attached hydrogens (tertiary/aromatic N) is 1. The summed E-state index contributed by atoms with van der Waals surface area (Å²) in [5.74, 6) is -0.216. The summed E-state index contributed by atoms with van der Waals surface area (Å²) in [6.07, 6.45) is 1.51. The number of aromatic amines is 1. The number of amides is 1. The predicted molar refractivity (Wildman–Crippen MR) is 71.8 cm³/mol. The summed E-state index contributed by atoms with van der Waals surface area (Å²) in [7, 11) is 0. The molecule has 0 atom stereocenters. The second kappa shape index (κ2) is 5.04. The van der Waals surface area contributed by atoms with Gasteiger partial charge in [0.25, 0.3) is 5.91 Å². The molecule has 0 fully saturated rings. The molecular weight excluding hydrogens is 228 g/mol. The standard InChI is InChI=1S/C14H16N2O2/c1-3-16(4-2)14(18)11-9-15-12-8-6-5-7-10(12)13(11)17/h5-9H,3-4H2,1-2H3,(H,15,17). The molecule has 1 N–H and O–H groups in total. The van der Waals surface area contributed by atoms with E-state index in [9.17, 15) is 9.59 Å². The fourth-order valence-electron chi connectivity index (χ4n) is 2.01. The molecule has 1 heterocycles. The van der Waals surface area contributed by atoms with E-state index in [-0.39, 0.29) is 16.9 Å². The molecule has 0 spiro atoms. The first-order chi connectivity index (χ1) is 8.69. The molecule has 18 heavy (non-hydrogen) atoms. The van der Waals surface area contributed by atoms with Crippen molar-refractivity contribution in [2.45, 2.75) is 13.8 Å². The van der Waals surface area contributed by atoms with Crippen LogP contribution >= 0.6 is 0 Å². The molecule has 0 saturated heterocycles. The van der Waals surface area contributed by atoms with Crippen molar-refractivity contribution in [1.29, 1.82) is 0 Å². The lowest BCUT2D eigenvalue weighted by atomic mass is 10.1. The first-order valence-corrected chi connectivity index (χ1v) is 6.08. The van der Waals surface area contributed by atoms with E-state index in [0.29, 0.717) is 18.5 Å². The van der Waals surface area contributed by atoms with Crippen LogP contribution in [0.25, 0.3) is 10.9 Å². The maximum atomic E-state index is 12.2. The molecular formula is C14H16N2O2. The number of pyridine rings is 1. The van der Waals surface area contributed by atoms with Crippen molar-refractivity contribution >= 4 is 16.8 Å². The van der Waals surface area contributed by atoms with Gasteiger partial charge in [-0.15, -0.1) is 0 Å². The molecule has 2 rings (SSSR count). The number of fused-ring (bicyclic) bond motifs is 1. The lowest BCUT2D eigenvalue weighted by Crippen LogP contribution is -2.34. The Balaban J connectivity index is 2.56. The molecule has 0 radical (unpaired) electrons. The van der Waals surface area contributed by atoms with Crippen LogP contribution in [0.3, 0.4) is 0 Å². The highest BCUT2D eigenvalue weighted by Crippen LogP contribution is 2.08. The number of nitrogens with one attached hydrogen (secondary N) is 1. The van der Waals surface area contributed by atoms with Gasteiger partial charge in [-0.2, -0.15) is 0 Å². The van der Waals surface area contributed by atoms with E-state index in [0.717, 1.165) is 5.52 Å². The normalized spacial score (nSPS) is 10.6. The SMILES string of the molecule is CCN(CC)C(=O)c1c[nH]c2ccccc2c1=O. The molecule has 94 valence electrons. The van der Waals surface area contributed by atoms with Crippen molar-refractivity contribution in [1.82, 2.24) is 9.88 Å². The van der Waals surface area contributed by atoms with E-state index in [1.807, 2.05) is 26.0 Å². The minimum atomic E-state index is -0.216. The molecule has 1 aromatic heterocycles. The summed E-state index contributed by atoms with van der Waals surface area (Å²) < 4.78 is 0. The summed E-state index contributed by atoms with van der Waals surface area (Å²) in [5.41, 5.74) is 0.747. The molecule has 0 unspecified atom stereocenters. The van der Waals surface area contributed by atoms with Crippen LogP contribution in [-0.2, 0) is 0 Å². The van der Waals surface area contributed by atoms with Gasteiger partial charge in [0.1, 0.15) is 5.56 Å². The van der Waals surface area contributed by atoms with E-state index in [4.69, 9.17) is 0 Å². The largest absolute Gasteiger partial charge is 0.360 e. The van der Waals surface area contributed by atoms with E-state index < -0.39 is 0 Å². The lowest BCUT2D eigenvalue weighted by molar-refractivity contribution is 0.0771. The van der Waals surface area contributed by atoms with Crippen molar-refractivity contribution in [2.75, 3.05) is 13.1 Å². The fourth-order valence-corrected chi connectivity index (χ4v) is 2.01. The van der Waals surface area contributed by atoms with Crippen molar-refractivity contribution in [3.05, 3.63) is 46.2 Å². The van der Waals surface area contributed by atoms with Crippen molar-refractivity contribution in [3.8, 4) is 0 Å². The van der Waals surface area contributed by atoms with Gasteiger partial charge < -0.3 is 9.88 Å².